The number of aromatic amines is 1. The number of hydrogen-bond acceptors (Lipinski definition) is 5. The van der Waals surface area contributed by atoms with Gasteiger partial charge in [-0.15, -0.1) is 11.3 Å². The first kappa shape index (κ1) is 17.2. The second-order valence-electron chi connectivity index (χ2n) is 5.28. The average molecular weight is 381 g/mol. The molecule has 0 saturated heterocycles. The summed E-state index contributed by atoms with van der Waals surface area (Å²) >= 11 is 12.8. The Balaban J connectivity index is 1.52. The predicted octanol–water partition coefficient (Wildman–Crippen LogP) is 4.29. The molecular formula is C16H17ClN4OS2. The van der Waals surface area contributed by atoms with Crippen molar-refractivity contribution in [2.45, 2.75) is 6.67 Å². The number of halogens is 1. The third-order valence-electron chi connectivity index (χ3n) is 3.37. The molecule has 5 nitrogen and oxygen atoms in total. The van der Waals surface area contributed by atoms with E-state index in [1.165, 1.54) is 0 Å². The normalized spacial score (nSPS) is 11.1. The van der Waals surface area contributed by atoms with Gasteiger partial charge < -0.3 is 4.74 Å². The van der Waals surface area contributed by atoms with Crippen molar-refractivity contribution < 1.29 is 4.74 Å². The number of likely N-dealkylation sites (N-methyl/N-ethyl adjacent to an activating group) is 1. The lowest BCUT2D eigenvalue weighted by atomic mass is 10.3. The first-order chi connectivity index (χ1) is 11.6. The van der Waals surface area contributed by atoms with Gasteiger partial charge in [0.2, 0.25) is 4.77 Å². The molecule has 3 aromatic rings. The zero-order valence-electron chi connectivity index (χ0n) is 13.1. The van der Waals surface area contributed by atoms with Crippen molar-refractivity contribution in [2.24, 2.45) is 0 Å². The molecule has 2 aromatic heterocycles. The van der Waals surface area contributed by atoms with Gasteiger partial charge in [0.25, 0.3) is 0 Å². The fourth-order valence-corrected chi connectivity index (χ4v) is 3.12. The molecule has 0 saturated carbocycles. The Morgan fingerprint density at radius 3 is 2.83 bits per heavy atom. The van der Waals surface area contributed by atoms with Crippen LogP contribution in [0.15, 0.2) is 41.8 Å². The molecule has 1 aromatic carbocycles. The SMILES string of the molecule is CN(CCOc1ccc(Cl)cc1)Cn1[nH]c(-c2cccs2)nc1=S. The zero-order valence-corrected chi connectivity index (χ0v) is 15.5. The molecule has 0 radical (unpaired) electrons. The largest absolute Gasteiger partial charge is 0.492 e. The van der Waals surface area contributed by atoms with E-state index in [0.29, 0.717) is 23.1 Å². The van der Waals surface area contributed by atoms with Crippen molar-refractivity contribution >= 4 is 35.2 Å². The van der Waals surface area contributed by atoms with E-state index in [4.69, 9.17) is 28.6 Å². The summed E-state index contributed by atoms with van der Waals surface area (Å²) in [7, 11) is 2.01. The van der Waals surface area contributed by atoms with Crippen molar-refractivity contribution in [1.82, 2.24) is 19.7 Å². The second-order valence-corrected chi connectivity index (χ2v) is 7.03. The molecule has 0 spiro atoms. The summed E-state index contributed by atoms with van der Waals surface area (Å²) in [4.78, 5) is 7.60. The highest BCUT2D eigenvalue weighted by molar-refractivity contribution is 7.71. The lowest BCUT2D eigenvalue weighted by molar-refractivity contribution is 0.198. The smallest absolute Gasteiger partial charge is 0.217 e. The zero-order chi connectivity index (χ0) is 16.9. The highest BCUT2D eigenvalue weighted by atomic mass is 35.5. The standard InChI is InChI=1S/C16H17ClN4OS2/c1-20(8-9-22-13-6-4-12(17)5-7-13)11-21-16(23)18-15(19-21)14-3-2-10-24-14/h2-7,10H,8-9,11H2,1H3,(H,18,19,23). The number of rotatable bonds is 7. The molecule has 0 amide bonds. The van der Waals surface area contributed by atoms with E-state index in [9.17, 15) is 0 Å². The van der Waals surface area contributed by atoms with Gasteiger partial charge in [-0.2, -0.15) is 4.98 Å². The highest BCUT2D eigenvalue weighted by Crippen LogP contribution is 2.20. The minimum Gasteiger partial charge on any atom is -0.492 e. The van der Waals surface area contributed by atoms with Crippen LogP contribution in [-0.2, 0) is 6.67 Å². The minimum atomic E-state index is 0.545. The molecule has 0 atom stereocenters. The third kappa shape index (κ3) is 4.45. The van der Waals surface area contributed by atoms with Crippen LogP contribution in [0.5, 0.6) is 5.75 Å². The number of aromatic nitrogens is 3. The van der Waals surface area contributed by atoms with Crippen LogP contribution in [0.1, 0.15) is 0 Å². The number of nitrogens with zero attached hydrogens (tertiary/aromatic N) is 3. The Morgan fingerprint density at radius 1 is 1.33 bits per heavy atom. The van der Waals surface area contributed by atoms with Crippen LogP contribution in [0.25, 0.3) is 10.7 Å². The van der Waals surface area contributed by atoms with Gasteiger partial charge >= 0.3 is 0 Å². The monoisotopic (exact) mass is 380 g/mol. The lowest BCUT2D eigenvalue weighted by Crippen LogP contribution is -2.27. The predicted molar refractivity (Wildman–Crippen MR) is 100 cm³/mol. The van der Waals surface area contributed by atoms with E-state index in [1.807, 2.05) is 53.5 Å². The molecule has 0 aliphatic carbocycles. The van der Waals surface area contributed by atoms with Gasteiger partial charge in [-0.3, -0.25) is 10.00 Å². The number of ether oxygens (including phenoxy) is 1. The molecule has 0 fully saturated rings. The summed E-state index contributed by atoms with van der Waals surface area (Å²) in [6, 6.07) is 11.4. The summed E-state index contributed by atoms with van der Waals surface area (Å²) in [5, 5.41) is 5.97. The molecule has 0 aliphatic rings. The third-order valence-corrected chi connectivity index (χ3v) is 4.81. The number of thiophene rings is 1. The molecule has 2 heterocycles. The Kier molecular flexibility index (Phi) is 5.68. The number of nitrogens with one attached hydrogen (secondary N) is 1. The van der Waals surface area contributed by atoms with Crippen molar-refractivity contribution in [1.29, 1.82) is 0 Å². The van der Waals surface area contributed by atoms with Gasteiger partial charge in [-0.1, -0.05) is 17.7 Å². The number of H-pyrrole nitrogens is 1. The van der Waals surface area contributed by atoms with E-state index in [1.54, 1.807) is 11.3 Å². The van der Waals surface area contributed by atoms with Gasteiger partial charge in [0, 0.05) is 11.6 Å². The van der Waals surface area contributed by atoms with E-state index < -0.39 is 0 Å². The topological polar surface area (TPSA) is 46.1 Å². The summed E-state index contributed by atoms with van der Waals surface area (Å²) in [5.74, 6) is 1.62. The first-order valence-electron chi connectivity index (χ1n) is 7.39. The van der Waals surface area contributed by atoms with Gasteiger partial charge in [0.05, 0.1) is 11.5 Å². The lowest BCUT2D eigenvalue weighted by Gasteiger charge is -2.17. The highest BCUT2D eigenvalue weighted by Gasteiger charge is 2.08. The second kappa shape index (κ2) is 7.94. The summed E-state index contributed by atoms with van der Waals surface area (Å²) in [6.45, 7) is 1.97. The molecule has 0 unspecified atom stereocenters. The van der Waals surface area contributed by atoms with Crippen LogP contribution >= 0.6 is 35.2 Å². The Hall–Kier alpha value is -1.67. The summed E-state index contributed by atoms with van der Waals surface area (Å²) < 4.78 is 8.10. The van der Waals surface area contributed by atoms with Gasteiger partial charge in [0.15, 0.2) is 5.82 Å². The van der Waals surface area contributed by atoms with Gasteiger partial charge in [-0.25, -0.2) is 4.68 Å². The fourth-order valence-electron chi connectivity index (χ4n) is 2.14. The Labute approximate surface area is 154 Å². The fraction of sp³-hybridized carbons (Fsp3) is 0.250. The maximum absolute atomic E-state index is 5.86. The van der Waals surface area contributed by atoms with Crippen LogP contribution in [0.3, 0.4) is 0 Å². The van der Waals surface area contributed by atoms with Crippen molar-refractivity contribution in [3.05, 3.63) is 51.6 Å². The maximum atomic E-state index is 5.86. The summed E-state index contributed by atoms with van der Waals surface area (Å²) in [5.41, 5.74) is 0. The van der Waals surface area contributed by atoms with E-state index in [2.05, 4.69) is 15.0 Å². The van der Waals surface area contributed by atoms with Crippen molar-refractivity contribution in [3.8, 4) is 16.5 Å². The van der Waals surface area contributed by atoms with Gasteiger partial charge in [0.1, 0.15) is 12.4 Å². The molecule has 8 heteroatoms. The Bertz CT molecular complexity index is 827. The van der Waals surface area contributed by atoms with Crippen molar-refractivity contribution in [3.63, 3.8) is 0 Å². The minimum absolute atomic E-state index is 0.545. The molecule has 0 bridgehead atoms. The van der Waals surface area contributed by atoms with Crippen molar-refractivity contribution in [2.75, 3.05) is 20.2 Å². The van der Waals surface area contributed by atoms with E-state index in [0.717, 1.165) is 23.0 Å². The van der Waals surface area contributed by atoms with Crippen LogP contribution < -0.4 is 4.74 Å². The molecular weight excluding hydrogens is 364 g/mol. The van der Waals surface area contributed by atoms with E-state index >= 15 is 0 Å². The summed E-state index contributed by atoms with van der Waals surface area (Å²) in [6.07, 6.45) is 0. The molecule has 126 valence electrons. The number of benzene rings is 1. The first-order valence-corrected chi connectivity index (χ1v) is 9.06. The van der Waals surface area contributed by atoms with Crippen LogP contribution in [0.4, 0.5) is 0 Å². The molecule has 24 heavy (non-hydrogen) atoms. The maximum Gasteiger partial charge on any atom is 0.217 e. The van der Waals surface area contributed by atoms with Gasteiger partial charge in [-0.05, 0) is 55.0 Å². The Morgan fingerprint density at radius 2 is 2.12 bits per heavy atom. The quantitative estimate of drug-likeness (QED) is 0.621. The average Bonchev–Trinajstić information content (AvgIpc) is 3.20. The molecule has 3 rings (SSSR count). The molecule has 0 aliphatic heterocycles. The van der Waals surface area contributed by atoms with E-state index in [-0.39, 0.29) is 0 Å². The van der Waals surface area contributed by atoms with Crippen LogP contribution in [-0.4, -0.2) is 39.9 Å². The molecule has 1 N–H and O–H groups in total. The van der Waals surface area contributed by atoms with Crippen LogP contribution in [0.2, 0.25) is 5.02 Å². The van der Waals surface area contributed by atoms with Crippen LogP contribution in [0, 0.1) is 4.77 Å². The number of hydrogen-bond donors (Lipinski definition) is 1.